The van der Waals surface area contributed by atoms with Crippen LogP contribution in [0.4, 0.5) is 16.2 Å². The molecule has 0 saturated carbocycles. The highest BCUT2D eigenvalue weighted by Crippen LogP contribution is 2.65. The number of cyclic esters (lactones) is 1. The van der Waals surface area contributed by atoms with Crippen molar-refractivity contribution in [3.63, 3.8) is 0 Å². The number of fused-ring (bicyclic) bond motifs is 3. The molecule has 0 bridgehead atoms. The van der Waals surface area contributed by atoms with E-state index >= 15 is 4.79 Å². The molecular formula is C51H44N4O10. The van der Waals surface area contributed by atoms with Crippen LogP contribution in [0.25, 0.3) is 0 Å². The lowest BCUT2D eigenvalue weighted by atomic mass is 9.65. The zero-order chi connectivity index (χ0) is 45.2. The summed E-state index contributed by atoms with van der Waals surface area (Å²) in [6, 6.07) is 32.4. The predicted molar refractivity (Wildman–Crippen MR) is 237 cm³/mol. The average Bonchev–Trinajstić information content (AvgIpc) is 3.79. The molecule has 9 rings (SSSR count). The Morgan fingerprint density at radius 3 is 2.22 bits per heavy atom. The topological polar surface area (TPSA) is 192 Å². The number of nitro groups is 1. The lowest BCUT2D eigenvalue weighted by molar-refractivity contribution is -0.384. The summed E-state index contributed by atoms with van der Waals surface area (Å²) in [6.07, 6.45) is 3.91. The number of nitrogens with zero attached hydrogens (tertiary/aromatic N) is 3. The molecule has 3 N–H and O–H groups in total. The highest BCUT2D eigenvalue weighted by atomic mass is 16.6. The molecule has 1 spiro atoms. The second-order valence-electron chi connectivity index (χ2n) is 16.4. The number of primary amides is 1. The fourth-order valence-corrected chi connectivity index (χ4v) is 9.93. The molecule has 6 atom stereocenters. The van der Waals surface area contributed by atoms with Crippen molar-refractivity contribution in [1.82, 2.24) is 4.90 Å². The van der Waals surface area contributed by atoms with Crippen LogP contribution in [0.15, 0.2) is 139 Å². The van der Waals surface area contributed by atoms with Crippen LogP contribution in [-0.2, 0) is 35.9 Å². The number of anilines is 1. The van der Waals surface area contributed by atoms with Gasteiger partial charge in [-0.25, -0.2) is 9.69 Å². The molecule has 0 aromatic heterocycles. The van der Waals surface area contributed by atoms with Crippen molar-refractivity contribution in [3.05, 3.63) is 183 Å². The number of esters is 1. The van der Waals surface area contributed by atoms with Crippen LogP contribution in [0.5, 0.6) is 5.75 Å². The van der Waals surface area contributed by atoms with E-state index in [9.17, 15) is 29.6 Å². The first-order chi connectivity index (χ1) is 31.6. The minimum absolute atomic E-state index is 0.0227. The Bertz CT molecular complexity index is 2750. The van der Waals surface area contributed by atoms with Gasteiger partial charge in [0.05, 0.1) is 35.2 Å². The summed E-state index contributed by atoms with van der Waals surface area (Å²) in [5.74, 6) is 2.73. The molecule has 6 unspecified atom stereocenters. The normalized spacial score (nSPS) is 23.4. The van der Waals surface area contributed by atoms with E-state index in [1.807, 2.05) is 65.6 Å². The maximum absolute atomic E-state index is 16.1. The molecule has 2 fully saturated rings. The van der Waals surface area contributed by atoms with Crippen LogP contribution in [0, 0.1) is 27.9 Å². The van der Waals surface area contributed by atoms with Crippen molar-refractivity contribution in [1.29, 1.82) is 0 Å². The van der Waals surface area contributed by atoms with Gasteiger partial charge in [0.15, 0.2) is 0 Å². The van der Waals surface area contributed by atoms with Gasteiger partial charge in [-0.1, -0.05) is 90.7 Å². The van der Waals surface area contributed by atoms with Crippen molar-refractivity contribution < 1.29 is 43.4 Å². The monoisotopic (exact) mass is 872 g/mol. The number of nitro benzene ring substituents is 1. The molecule has 2 saturated heterocycles. The standard InChI is InChI=1S/C51H44N4O10/c52-47(57)42-44-48(58)65-45(36-14-8-3-9-15-36)43(35-12-6-2-7-13-35)54(44)46(37-21-25-39(26-22-37)63-29-28-56)51(42)40-30-33(17-16-32-10-4-1-5-11-32)20-27-41(40)53(49(51)59)50(60)64-31-34-18-23-38(24-19-34)55(61)62/h2-3,6-10,12-15,18-27,30,42-46,56H,1,4-5,11,28-29,31H2,(H2,52,57). The minimum atomic E-state index is -2.08. The van der Waals surface area contributed by atoms with Crippen molar-refractivity contribution in [2.45, 2.75) is 61.9 Å². The SMILES string of the molecule is NC(=O)C1C2C(=O)OC(c3ccccc3)C(c3ccccc3)N2C(c2ccc(OCCO)cc2)C12C(=O)N(C(=O)OCc1ccc([N+](=O)[O-])cc1)c1ccc(C#CC3=CCCCC3)cc12. The van der Waals surface area contributed by atoms with E-state index < -0.39 is 64.4 Å². The van der Waals surface area contributed by atoms with Crippen LogP contribution in [0.3, 0.4) is 0 Å². The first kappa shape index (κ1) is 42.7. The van der Waals surface area contributed by atoms with Crippen LogP contribution in [-0.4, -0.2) is 58.1 Å². The van der Waals surface area contributed by atoms with Crippen LogP contribution < -0.4 is 15.4 Å². The number of hydrogen-bond acceptors (Lipinski definition) is 11. The zero-order valence-corrected chi connectivity index (χ0v) is 35.1. The van der Waals surface area contributed by atoms with Gasteiger partial charge in [-0.05, 0) is 102 Å². The molecule has 3 heterocycles. The first-order valence-electron chi connectivity index (χ1n) is 21.4. The average molecular weight is 873 g/mol. The number of ether oxygens (including phenoxy) is 3. The third-order valence-corrected chi connectivity index (χ3v) is 12.7. The number of imide groups is 1. The Kier molecular flexibility index (Phi) is 11.7. The zero-order valence-electron chi connectivity index (χ0n) is 35.1. The highest BCUT2D eigenvalue weighted by Gasteiger charge is 2.75. The van der Waals surface area contributed by atoms with E-state index in [4.69, 9.17) is 19.9 Å². The van der Waals surface area contributed by atoms with Gasteiger partial charge in [-0.3, -0.25) is 29.4 Å². The number of non-ortho nitro benzene ring substituents is 1. The molecule has 3 aliphatic heterocycles. The van der Waals surface area contributed by atoms with Gasteiger partial charge in [0.1, 0.15) is 36.5 Å². The Morgan fingerprint density at radius 1 is 0.862 bits per heavy atom. The van der Waals surface area contributed by atoms with Gasteiger partial charge < -0.3 is 25.1 Å². The van der Waals surface area contributed by atoms with E-state index in [2.05, 4.69) is 17.9 Å². The van der Waals surface area contributed by atoms with E-state index in [1.165, 1.54) is 24.3 Å². The number of carbonyl (C=O) groups excluding carboxylic acids is 4. The molecule has 65 heavy (non-hydrogen) atoms. The third-order valence-electron chi connectivity index (χ3n) is 12.7. The largest absolute Gasteiger partial charge is 0.491 e. The number of hydrogen-bond donors (Lipinski definition) is 2. The summed E-state index contributed by atoms with van der Waals surface area (Å²) < 4.78 is 17.9. The number of aliphatic hydroxyl groups is 1. The van der Waals surface area contributed by atoms with Gasteiger partial charge in [0, 0.05) is 17.7 Å². The van der Waals surface area contributed by atoms with Gasteiger partial charge >= 0.3 is 12.1 Å². The summed E-state index contributed by atoms with van der Waals surface area (Å²) in [6.45, 7) is -0.556. The maximum Gasteiger partial charge on any atom is 0.421 e. The second-order valence-corrected chi connectivity index (χ2v) is 16.4. The van der Waals surface area contributed by atoms with Gasteiger partial charge in [-0.15, -0.1) is 0 Å². The molecule has 4 aliphatic rings. The fraction of sp³-hybridized carbons (Fsp3) is 0.255. The molecular weight excluding hydrogens is 829 g/mol. The highest BCUT2D eigenvalue weighted by molar-refractivity contribution is 6.23. The number of amides is 3. The van der Waals surface area contributed by atoms with E-state index in [0.29, 0.717) is 28.0 Å². The number of morpholine rings is 1. The van der Waals surface area contributed by atoms with Crippen LogP contribution >= 0.6 is 0 Å². The number of benzene rings is 5. The first-order valence-corrected chi connectivity index (χ1v) is 21.4. The number of nitrogens with two attached hydrogens (primary N) is 1. The van der Waals surface area contributed by atoms with Crippen molar-refractivity contribution in [2.24, 2.45) is 11.7 Å². The molecule has 328 valence electrons. The van der Waals surface area contributed by atoms with Crippen LogP contribution in [0.2, 0.25) is 0 Å². The maximum atomic E-state index is 16.1. The molecule has 3 amide bonds. The lowest BCUT2D eigenvalue weighted by Gasteiger charge is -2.46. The van der Waals surface area contributed by atoms with E-state index in [0.717, 1.165) is 41.7 Å². The van der Waals surface area contributed by atoms with Crippen molar-refractivity contribution >= 4 is 35.3 Å². The Balaban J connectivity index is 1.27. The minimum Gasteiger partial charge on any atom is -0.491 e. The van der Waals surface area contributed by atoms with Gasteiger partial charge in [-0.2, -0.15) is 0 Å². The lowest BCUT2D eigenvalue weighted by Crippen LogP contribution is -2.55. The number of aliphatic hydroxyl groups excluding tert-OH is 1. The number of carbonyl (C=O) groups is 4. The van der Waals surface area contributed by atoms with Crippen molar-refractivity contribution in [2.75, 3.05) is 18.1 Å². The molecule has 0 radical (unpaired) electrons. The molecule has 5 aromatic carbocycles. The molecule has 5 aromatic rings. The second kappa shape index (κ2) is 17.9. The quantitative estimate of drug-likeness (QED) is 0.0619. The van der Waals surface area contributed by atoms with Crippen LogP contribution in [0.1, 0.15) is 77.3 Å². The Morgan fingerprint density at radius 2 is 1.57 bits per heavy atom. The predicted octanol–water partition coefficient (Wildman–Crippen LogP) is 7.31. The molecule has 14 nitrogen and oxygen atoms in total. The summed E-state index contributed by atoms with van der Waals surface area (Å²) in [7, 11) is 0. The fourth-order valence-electron chi connectivity index (χ4n) is 9.93. The number of allylic oxidation sites excluding steroid dienone is 2. The number of rotatable bonds is 10. The summed E-state index contributed by atoms with van der Waals surface area (Å²) in [5, 5.41) is 20.8. The van der Waals surface area contributed by atoms with Crippen molar-refractivity contribution in [3.8, 4) is 17.6 Å². The molecule has 14 heteroatoms. The molecule has 1 aliphatic carbocycles. The van der Waals surface area contributed by atoms with Gasteiger partial charge in [0.2, 0.25) is 11.8 Å². The van der Waals surface area contributed by atoms with E-state index in [-0.39, 0.29) is 36.8 Å². The van der Waals surface area contributed by atoms with Gasteiger partial charge in [0.25, 0.3) is 5.69 Å². The Labute approximate surface area is 374 Å². The smallest absolute Gasteiger partial charge is 0.421 e. The third kappa shape index (κ3) is 7.68. The Hall–Kier alpha value is -7.60. The van der Waals surface area contributed by atoms with E-state index in [1.54, 1.807) is 42.5 Å². The summed E-state index contributed by atoms with van der Waals surface area (Å²) >= 11 is 0. The summed E-state index contributed by atoms with van der Waals surface area (Å²) in [4.78, 5) is 73.6. The summed E-state index contributed by atoms with van der Waals surface area (Å²) in [5.41, 5.74) is 8.36.